The van der Waals surface area contributed by atoms with E-state index in [1.165, 1.54) is 0 Å². The zero-order valence-electron chi connectivity index (χ0n) is 6.61. The first-order valence-electron chi connectivity index (χ1n) is 4.06. The van der Waals surface area contributed by atoms with Crippen LogP contribution < -0.4 is 5.73 Å². The Bertz CT molecular complexity index is 149. The molecule has 0 aromatic rings. The molecule has 11 heavy (non-hydrogen) atoms. The van der Waals surface area contributed by atoms with Crippen LogP contribution in [0.4, 0.5) is 0 Å². The minimum Gasteiger partial charge on any atom is -0.396 e. The van der Waals surface area contributed by atoms with Crippen LogP contribution in [0.25, 0.3) is 0 Å². The van der Waals surface area contributed by atoms with Crippen LogP contribution in [0.1, 0.15) is 12.8 Å². The zero-order chi connectivity index (χ0) is 8.10. The second kappa shape index (κ2) is 4.31. The van der Waals surface area contributed by atoms with Crippen LogP contribution in [0.5, 0.6) is 0 Å². The van der Waals surface area contributed by atoms with Gasteiger partial charge in [-0.2, -0.15) is 0 Å². The zero-order valence-corrected chi connectivity index (χ0v) is 6.61. The number of aliphatic hydroxyl groups excluding tert-OH is 1. The fraction of sp³-hybridized carbons (Fsp3) is 0.556. The van der Waals surface area contributed by atoms with E-state index in [9.17, 15) is 0 Å². The summed E-state index contributed by atoms with van der Waals surface area (Å²) in [4.78, 5) is 0. The average Bonchev–Trinajstić information content (AvgIpc) is 2.04. The summed E-state index contributed by atoms with van der Waals surface area (Å²) in [6.45, 7) is 0.282. The molecule has 1 rings (SSSR count). The molecule has 0 bridgehead atoms. The van der Waals surface area contributed by atoms with Gasteiger partial charge in [-0.05, 0) is 18.8 Å². The molecule has 2 nitrogen and oxygen atoms in total. The van der Waals surface area contributed by atoms with Gasteiger partial charge in [-0.25, -0.2) is 0 Å². The molecule has 2 heteroatoms. The Morgan fingerprint density at radius 3 is 2.36 bits per heavy atom. The second-order valence-electron chi connectivity index (χ2n) is 2.88. The lowest BCUT2D eigenvalue weighted by molar-refractivity contribution is 0.281. The molecule has 0 heterocycles. The van der Waals surface area contributed by atoms with E-state index in [1.807, 2.05) is 12.2 Å². The third-order valence-corrected chi connectivity index (χ3v) is 1.86. The SMILES string of the molecule is NC1C=CC(CCCO)C=C1. The topological polar surface area (TPSA) is 46.2 Å². The van der Waals surface area contributed by atoms with E-state index in [-0.39, 0.29) is 12.6 Å². The highest BCUT2D eigenvalue weighted by molar-refractivity contribution is 5.15. The van der Waals surface area contributed by atoms with Gasteiger partial charge >= 0.3 is 0 Å². The van der Waals surface area contributed by atoms with Gasteiger partial charge < -0.3 is 10.8 Å². The van der Waals surface area contributed by atoms with E-state index in [0.717, 1.165) is 12.8 Å². The largest absolute Gasteiger partial charge is 0.396 e. The van der Waals surface area contributed by atoms with Gasteiger partial charge in [-0.3, -0.25) is 0 Å². The van der Waals surface area contributed by atoms with Crippen molar-refractivity contribution in [2.45, 2.75) is 18.9 Å². The molecule has 62 valence electrons. The first-order chi connectivity index (χ1) is 5.33. The second-order valence-corrected chi connectivity index (χ2v) is 2.88. The molecule has 0 aromatic heterocycles. The lowest BCUT2D eigenvalue weighted by Crippen LogP contribution is -2.16. The Kier molecular flexibility index (Phi) is 3.33. The lowest BCUT2D eigenvalue weighted by atomic mass is 9.97. The quantitative estimate of drug-likeness (QED) is 0.590. The first kappa shape index (κ1) is 8.50. The fourth-order valence-corrected chi connectivity index (χ4v) is 1.19. The number of allylic oxidation sites excluding steroid dienone is 2. The fourth-order valence-electron chi connectivity index (χ4n) is 1.19. The predicted octanol–water partition coefficient (Wildman–Crippen LogP) is 0.828. The van der Waals surface area contributed by atoms with Crippen molar-refractivity contribution in [3.8, 4) is 0 Å². The minimum absolute atomic E-state index is 0.0976. The molecule has 0 aliphatic heterocycles. The Morgan fingerprint density at radius 2 is 1.82 bits per heavy atom. The highest BCUT2D eigenvalue weighted by Crippen LogP contribution is 2.14. The Balaban J connectivity index is 2.27. The predicted molar refractivity (Wildman–Crippen MR) is 46.1 cm³/mol. The maximum Gasteiger partial charge on any atom is 0.0431 e. The Hall–Kier alpha value is -0.600. The molecule has 0 radical (unpaired) electrons. The van der Waals surface area contributed by atoms with Gasteiger partial charge in [0, 0.05) is 12.6 Å². The van der Waals surface area contributed by atoms with E-state index in [4.69, 9.17) is 10.8 Å². The molecular weight excluding hydrogens is 138 g/mol. The molecular formula is C9H15NO. The summed E-state index contributed by atoms with van der Waals surface area (Å²) in [5, 5.41) is 8.58. The van der Waals surface area contributed by atoms with Crippen LogP contribution in [0.15, 0.2) is 24.3 Å². The Labute approximate surface area is 67.4 Å². The number of hydrogen-bond donors (Lipinski definition) is 2. The molecule has 0 aromatic carbocycles. The summed E-state index contributed by atoms with van der Waals surface area (Å²) in [7, 11) is 0. The number of aliphatic hydroxyl groups is 1. The van der Waals surface area contributed by atoms with Gasteiger partial charge in [0.05, 0.1) is 0 Å². The van der Waals surface area contributed by atoms with Crippen LogP contribution in [0.2, 0.25) is 0 Å². The monoisotopic (exact) mass is 153 g/mol. The summed E-state index contributed by atoms with van der Waals surface area (Å²) >= 11 is 0. The molecule has 0 unspecified atom stereocenters. The van der Waals surface area contributed by atoms with Crippen molar-refractivity contribution in [2.24, 2.45) is 11.7 Å². The summed E-state index contributed by atoms with van der Waals surface area (Å²) < 4.78 is 0. The van der Waals surface area contributed by atoms with Crippen molar-refractivity contribution in [1.29, 1.82) is 0 Å². The normalized spacial score (nSPS) is 29.3. The van der Waals surface area contributed by atoms with Crippen LogP contribution in [0, 0.1) is 5.92 Å². The molecule has 0 amide bonds. The minimum atomic E-state index is 0.0976. The van der Waals surface area contributed by atoms with Crippen LogP contribution in [-0.2, 0) is 0 Å². The van der Waals surface area contributed by atoms with E-state index in [1.54, 1.807) is 0 Å². The van der Waals surface area contributed by atoms with Crippen molar-refractivity contribution in [1.82, 2.24) is 0 Å². The van der Waals surface area contributed by atoms with Crippen molar-refractivity contribution >= 4 is 0 Å². The van der Waals surface area contributed by atoms with Crippen molar-refractivity contribution in [2.75, 3.05) is 6.61 Å². The molecule has 3 N–H and O–H groups in total. The van der Waals surface area contributed by atoms with Crippen LogP contribution in [0.3, 0.4) is 0 Å². The summed E-state index contributed by atoms with van der Waals surface area (Å²) in [5.74, 6) is 0.488. The third kappa shape index (κ3) is 2.87. The van der Waals surface area contributed by atoms with Crippen molar-refractivity contribution < 1.29 is 5.11 Å². The number of hydrogen-bond acceptors (Lipinski definition) is 2. The van der Waals surface area contributed by atoms with Crippen molar-refractivity contribution in [3.05, 3.63) is 24.3 Å². The molecule has 0 spiro atoms. The molecule has 0 fully saturated rings. The smallest absolute Gasteiger partial charge is 0.0431 e. The van der Waals surface area contributed by atoms with Gasteiger partial charge in [0.1, 0.15) is 0 Å². The molecule has 0 saturated heterocycles. The highest BCUT2D eigenvalue weighted by atomic mass is 16.2. The number of rotatable bonds is 3. The molecule has 0 saturated carbocycles. The first-order valence-corrected chi connectivity index (χ1v) is 4.06. The number of nitrogens with two attached hydrogens (primary N) is 1. The third-order valence-electron chi connectivity index (χ3n) is 1.86. The maximum absolute atomic E-state index is 8.58. The van der Waals surface area contributed by atoms with Gasteiger partial charge in [0.25, 0.3) is 0 Å². The summed E-state index contributed by atoms with van der Waals surface area (Å²) in [6, 6.07) is 0.0976. The average molecular weight is 153 g/mol. The van der Waals surface area contributed by atoms with Gasteiger partial charge in [-0.15, -0.1) is 0 Å². The molecule has 1 aliphatic carbocycles. The van der Waals surface area contributed by atoms with E-state index in [0.29, 0.717) is 5.92 Å². The van der Waals surface area contributed by atoms with Gasteiger partial charge in [0.15, 0.2) is 0 Å². The van der Waals surface area contributed by atoms with Gasteiger partial charge in [-0.1, -0.05) is 24.3 Å². The molecule has 0 atom stereocenters. The standard InChI is InChI=1S/C9H15NO/c10-9-5-3-8(4-6-9)2-1-7-11/h3-6,8-9,11H,1-2,7,10H2. The van der Waals surface area contributed by atoms with Crippen LogP contribution >= 0.6 is 0 Å². The molecule has 1 aliphatic rings. The van der Waals surface area contributed by atoms with E-state index < -0.39 is 0 Å². The Morgan fingerprint density at radius 1 is 1.18 bits per heavy atom. The summed E-state index contributed by atoms with van der Waals surface area (Å²) in [5.41, 5.74) is 5.60. The van der Waals surface area contributed by atoms with E-state index >= 15 is 0 Å². The van der Waals surface area contributed by atoms with Crippen LogP contribution in [-0.4, -0.2) is 17.8 Å². The van der Waals surface area contributed by atoms with E-state index in [2.05, 4.69) is 12.2 Å². The van der Waals surface area contributed by atoms with Gasteiger partial charge in [0.2, 0.25) is 0 Å². The lowest BCUT2D eigenvalue weighted by Gasteiger charge is -2.12. The van der Waals surface area contributed by atoms with Crippen molar-refractivity contribution in [3.63, 3.8) is 0 Å². The highest BCUT2D eigenvalue weighted by Gasteiger charge is 2.04. The summed E-state index contributed by atoms with van der Waals surface area (Å²) in [6.07, 6.45) is 10.1. The maximum atomic E-state index is 8.58.